The lowest BCUT2D eigenvalue weighted by molar-refractivity contribution is -0.132. The number of hydrogen-bond donors (Lipinski definition) is 1. The van der Waals surface area contributed by atoms with Gasteiger partial charge in [-0.15, -0.1) is 0 Å². The summed E-state index contributed by atoms with van der Waals surface area (Å²) in [5, 5.41) is 14.0. The van der Waals surface area contributed by atoms with E-state index in [0.717, 1.165) is 37.0 Å². The summed E-state index contributed by atoms with van der Waals surface area (Å²) < 4.78 is 13.5. The lowest BCUT2D eigenvalue weighted by Crippen LogP contribution is -2.46. The Kier molecular flexibility index (Phi) is 5.79. The van der Waals surface area contributed by atoms with Crippen molar-refractivity contribution in [3.05, 3.63) is 29.5 Å². The number of piperidine rings is 1. The second-order valence-electron chi connectivity index (χ2n) is 7.62. The van der Waals surface area contributed by atoms with Gasteiger partial charge in [0.05, 0.1) is 31.0 Å². The highest BCUT2D eigenvalue weighted by Crippen LogP contribution is 2.22. The van der Waals surface area contributed by atoms with E-state index in [4.69, 9.17) is 16.9 Å². The second-order valence-corrected chi connectivity index (χ2v) is 8.01. The van der Waals surface area contributed by atoms with E-state index in [-0.39, 0.29) is 31.5 Å². The lowest BCUT2D eigenvalue weighted by Gasteiger charge is -2.33. The van der Waals surface area contributed by atoms with Gasteiger partial charge in [-0.1, -0.05) is 11.6 Å². The minimum atomic E-state index is -1.10. The van der Waals surface area contributed by atoms with Crippen molar-refractivity contribution < 1.29 is 9.18 Å². The first-order valence-electron chi connectivity index (χ1n) is 9.76. The molecule has 0 aliphatic carbocycles. The fourth-order valence-electron chi connectivity index (χ4n) is 4.00. The molecule has 7 nitrogen and oxygen atoms in total. The van der Waals surface area contributed by atoms with Gasteiger partial charge in [0.2, 0.25) is 5.91 Å². The van der Waals surface area contributed by atoms with Crippen LogP contribution in [-0.4, -0.2) is 70.1 Å². The molecule has 2 atom stereocenters. The van der Waals surface area contributed by atoms with E-state index in [1.807, 2.05) is 18.2 Å². The highest BCUT2D eigenvalue weighted by atomic mass is 35.5. The first-order chi connectivity index (χ1) is 14.0. The van der Waals surface area contributed by atoms with Crippen LogP contribution < -0.4 is 5.32 Å². The average Bonchev–Trinajstić information content (AvgIpc) is 3.10. The molecule has 0 saturated carbocycles. The Hall–Kier alpha value is -2.50. The number of carbonyl (C=O) groups is 1. The van der Waals surface area contributed by atoms with Crippen molar-refractivity contribution in [2.75, 3.05) is 31.5 Å². The number of halogens is 2. The number of nitriles is 1. The van der Waals surface area contributed by atoms with Crippen molar-refractivity contribution in [3.63, 3.8) is 0 Å². The predicted molar refractivity (Wildman–Crippen MR) is 108 cm³/mol. The maximum atomic E-state index is 13.5. The molecule has 0 bridgehead atoms. The summed E-state index contributed by atoms with van der Waals surface area (Å²) in [7, 11) is 0. The van der Waals surface area contributed by atoms with Gasteiger partial charge in [0.25, 0.3) is 0 Å². The first kappa shape index (κ1) is 19.8. The van der Waals surface area contributed by atoms with E-state index < -0.39 is 12.2 Å². The van der Waals surface area contributed by atoms with Gasteiger partial charge in [-0.25, -0.2) is 14.4 Å². The molecule has 2 fully saturated rings. The summed E-state index contributed by atoms with van der Waals surface area (Å²) in [5.41, 5.74) is 1.54. The van der Waals surface area contributed by atoms with Crippen molar-refractivity contribution in [3.8, 4) is 6.07 Å². The minimum Gasteiger partial charge on any atom is -0.381 e. The number of nitrogens with zero attached hydrogens (tertiary/aromatic N) is 5. The van der Waals surface area contributed by atoms with Crippen molar-refractivity contribution in [1.82, 2.24) is 19.8 Å². The molecule has 0 aromatic carbocycles. The first-order valence-corrected chi connectivity index (χ1v) is 10.1. The summed E-state index contributed by atoms with van der Waals surface area (Å²) >= 11 is 5.90. The molecule has 2 aliphatic heterocycles. The normalized spacial score (nSPS) is 23.3. The molecule has 4 rings (SSSR count). The van der Waals surface area contributed by atoms with E-state index in [2.05, 4.69) is 20.2 Å². The predicted octanol–water partition coefficient (Wildman–Crippen LogP) is 2.62. The number of pyridine rings is 2. The third-order valence-electron chi connectivity index (χ3n) is 5.54. The van der Waals surface area contributed by atoms with Crippen LogP contribution in [0.2, 0.25) is 5.15 Å². The Labute approximate surface area is 173 Å². The molecule has 152 valence electrons. The van der Waals surface area contributed by atoms with E-state index in [1.165, 1.54) is 4.90 Å². The summed E-state index contributed by atoms with van der Waals surface area (Å²) in [6, 6.07) is 7.32. The summed E-state index contributed by atoms with van der Waals surface area (Å²) in [6.07, 6.45) is 2.55. The second kappa shape index (κ2) is 8.47. The van der Waals surface area contributed by atoms with Crippen LogP contribution in [0, 0.1) is 11.3 Å². The fraction of sp³-hybridized carbons (Fsp3) is 0.500. The van der Waals surface area contributed by atoms with Crippen LogP contribution in [0.15, 0.2) is 24.4 Å². The smallest absolute Gasteiger partial charge is 0.237 e. The summed E-state index contributed by atoms with van der Waals surface area (Å²) in [6.45, 7) is 1.81. The van der Waals surface area contributed by atoms with Gasteiger partial charge in [0.15, 0.2) is 5.65 Å². The van der Waals surface area contributed by atoms with Crippen LogP contribution in [0.3, 0.4) is 0 Å². The molecule has 4 heterocycles. The molecule has 0 radical (unpaired) electrons. The molecule has 1 amide bonds. The average molecular weight is 417 g/mol. The molecular formula is C20H22ClFN6O. The molecule has 2 aliphatic rings. The third kappa shape index (κ3) is 4.57. The van der Waals surface area contributed by atoms with Crippen LogP contribution in [0.4, 0.5) is 10.1 Å². The Morgan fingerprint density at radius 3 is 2.93 bits per heavy atom. The van der Waals surface area contributed by atoms with Crippen LogP contribution in [-0.2, 0) is 4.79 Å². The molecule has 0 unspecified atom stereocenters. The number of hydrogen-bond acceptors (Lipinski definition) is 6. The number of nitrogens with one attached hydrogen (secondary N) is 1. The Morgan fingerprint density at radius 1 is 1.38 bits per heavy atom. The summed E-state index contributed by atoms with van der Waals surface area (Å²) in [4.78, 5) is 24.5. The number of likely N-dealkylation sites (tertiary alicyclic amines) is 2. The van der Waals surface area contributed by atoms with Crippen LogP contribution in [0.25, 0.3) is 11.0 Å². The zero-order valence-electron chi connectivity index (χ0n) is 15.9. The number of anilines is 1. The number of rotatable bonds is 4. The number of aromatic nitrogens is 2. The quantitative estimate of drug-likeness (QED) is 0.771. The Balaban J connectivity index is 1.29. The SMILES string of the molecule is N#C[C@@H]1C[C@H](F)CN1C(=O)CN1CCC(Nc2cnc3nc(Cl)ccc3c2)CC1. The van der Waals surface area contributed by atoms with Crippen molar-refractivity contribution >= 4 is 34.2 Å². The molecule has 0 spiro atoms. The number of carbonyl (C=O) groups excluding carboxylic acids is 1. The number of alkyl halides is 1. The standard InChI is InChI=1S/C20H22ClFN6O/c21-18-2-1-13-7-16(10-24-20(13)26-18)25-15-3-5-27(6-4-15)12-19(29)28-11-14(22)8-17(28)9-23/h1-2,7,10,14-15,17,25H,3-6,8,11-12H2/t14-,17-/m0/s1. The van der Waals surface area contributed by atoms with Gasteiger partial charge in [-0.05, 0) is 31.0 Å². The molecule has 2 aromatic heterocycles. The van der Waals surface area contributed by atoms with E-state index in [0.29, 0.717) is 10.8 Å². The highest BCUT2D eigenvalue weighted by molar-refractivity contribution is 6.29. The van der Waals surface area contributed by atoms with E-state index in [1.54, 1.807) is 12.3 Å². The lowest BCUT2D eigenvalue weighted by atomic mass is 10.0. The monoisotopic (exact) mass is 416 g/mol. The largest absolute Gasteiger partial charge is 0.381 e. The van der Waals surface area contributed by atoms with Crippen molar-refractivity contribution in [1.29, 1.82) is 5.26 Å². The van der Waals surface area contributed by atoms with Crippen molar-refractivity contribution in [2.45, 2.75) is 37.5 Å². The highest BCUT2D eigenvalue weighted by Gasteiger charge is 2.36. The summed E-state index contributed by atoms with van der Waals surface area (Å²) in [5.74, 6) is -0.159. The van der Waals surface area contributed by atoms with Crippen LogP contribution in [0.1, 0.15) is 19.3 Å². The molecule has 1 N–H and O–H groups in total. The fourth-order valence-corrected chi connectivity index (χ4v) is 4.15. The Morgan fingerprint density at radius 2 is 2.17 bits per heavy atom. The topological polar surface area (TPSA) is 85.2 Å². The zero-order valence-corrected chi connectivity index (χ0v) is 16.6. The maximum absolute atomic E-state index is 13.5. The third-order valence-corrected chi connectivity index (χ3v) is 5.76. The zero-order chi connectivity index (χ0) is 20.4. The van der Waals surface area contributed by atoms with Gasteiger partial charge in [-0.2, -0.15) is 5.26 Å². The Bertz CT molecular complexity index is 942. The van der Waals surface area contributed by atoms with Gasteiger partial charge >= 0.3 is 0 Å². The van der Waals surface area contributed by atoms with Gasteiger partial charge in [-0.3, -0.25) is 9.69 Å². The maximum Gasteiger partial charge on any atom is 0.237 e. The molecule has 2 saturated heterocycles. The van der Waals surface area contributed by atoms with Gasteiger partial charge in [0, 0.05) is 30.9 Å². The molecule has 2 aromatic rings. The minimum absolute atomic E-state index is 0.0319. The number of amides is 1. The molecule has 9 heteroatoms. The van der Waals surface area contributed by atoms with Crippen LogP contribution >= 0.6 is 11.6 Å². The molecular weight excluding hydrogens is 395 g/mol. The molecule has 29 heavy (non-hydrogen) atoms. The van der Waals surface area contributed by atoms with E-state index in [9.17, 15) is 9.18 Å². The number of fused-ring (bicyclic) bond motifs is 1. The van der Waals surface area contributed by atoms with Crippen LogP contribution in [0.5, 0.6) is 0 Å². The van der Waals surface area contributed by atoms with E-state index >= 15 is 0 Å². The van der Waals surface area contributed by atoms with Gasteiger partial charge in [0.1, 0.15) is 17.4 Å². The van der Waals surface area contributed by atoms with Crippen molar-refractivity contribution in [2.24, 2.45) is 0 Å². The van der Waals surface area contributed by atoms with Gasteiger partial charge < -0.3 is 10.2 Å².